The van der Waals surface area contributed by atoms with Crippen molar-refractivity contribution in [3.8, 4) is 0 Å². The Hall–Kier alpha value is -0.860. The van der Waals surface area contributed by atoms with E-state index in [1.807, 2.05) is 0 Å². The summed E-state index contributed by atoms with van der Waals surface area (Å²) in [5, 5.41) is 0.462. The topological polar surface area (TPSA) is 0 Å². The molecule has 0 spiro atoms. The predicted octanol–water partition coefficient (Wildman–Crippen LogP) is 5.47. The van der Waals surface area contributed by atoms with Crippen molar-refractivity contribution in [3.05, 3.63) is 70.0 Å². The maximum atomic E-state index is 13.0. The van der Waals surface area contributed by atoms with E-state index in [0.717, 1.165) is 12.0 Å². The second kappa shape index (κ2) is 5.85. The standard InChI is InChI=1S/C15H13BrClF/c1-10-2-4-11(5-3-10)8-14(16)13-7-6-12(18)9-15(13)17/h2-7,9,14H,8H2,1H3. The van der Waals surface area contributed by atoms with E-state index in [1.54, 1.807) is 6.07 Å². The van der Waals surface area contributed by atoms with Crippen LogP contribution in [0.5, 0.6) is 0 Å². The largest absolute Gasteiger partial charge is 0.207 e. The predicted molar refractivity (Wildman–Crippen MR) is 78.0 cm³/mol. The Balaban J connectivity index is 2.16. The van der Waals surface area contributed by atoms with Gasteiger partial charge in [-0.15, -0.1) is 0 Å². The lowest BCUT2D eigenvalue weighted by Gasteiger charge is -2.12. The number of aryl methyl sites for hydroxylation is 1. The van der Waals surface area contributed by atoms with Crippen LogP contribution in [0.4, 0.5) is 4.39 Å². The number of alkyl halides is 1. The fourth-order valence-corrected chi connectivity index (χ4v) is 3.00. The molecule has 18 heavy (non-hydrogen) atoms. The molecule has 1 atom stereocenters. The Morgan fingerprint density at radius 3 is 2.44 bits per heavy atom. The van der Waals surface area contributed by atoms with Gasteiger partial charge in [0.1, 0.15) is 5.82 Å². The van der Waals surface area contributed by atoms with Crippen molar-refractivity contribution in [2.45, 2.75) is 18.2 Å². The maximum absolute atomic E-state index is 13.0. The van der Waals surface area contributed by atoms with Crippen LogP contribution in [-0.4, -0.2) is 0 Å². The summed E-state index contributed by atoms with van der Waals surface area (Å²) in [6, 6.07) is 12.9. The third kappa shape index (κ3) is 3.33. The van der Waals surface area contributed by atoms with Crippen molar-refractivity contribution >= 4 is 27.5 Å². The van der Waals surface area contributed by atoms with Gasteiger partial charge in [0.05, 0.1) is 0 Å². The molecule has 0 aromatic heterocycles. The molecule has 0 aliphatic rings. The van der Waals surface area contributed by atoms with Crippen molar-refractivity contribution in [3.63, 3.8) is 0 Å². The van der Waals surface area contributed by atoms with Crippen LogP contribution in [0.1, 0.15) is 21.5 Å². The van der Waals surface area contributed by atoms with Crippen LogP contribution < -0.4 is 0 Å². The van der Waals surface area contributed by atoms with Gasteiger partial charge in [-0.05, 0) is 36.6 Å². The molecule has 2 aromatic carbocycles. The Kier molecular flexibility index (Phi) is 4.41. The highest BCUT2D eigenvalue weighted by Crippen LogP contribution is 2.32. The Morgan fingerprint density at radius 2 is 1.83 bits per heavy atom. The summed E-state index contributed by atoms with van der Waals surface area (Å²) >= 11 is 9.66. The third-order valence-corrected chi connectivity index (χ3v) is 3.98. The molecule has 0 N–H and O–H groups in total. The number of benzene rings is 2. The van der Waals surface area contributed by atoms with Crippen molar-refractivity contribution in [2.24, 2.45) is 0 Å². The van der Waals surface area contributed by atoms with E-state index in [2.05, 4.69) is 47.1 Å². The van der Waals surface area contributed by atoms with Gasteiger partial charge in [0, 0.05) is 9.85 Å². The van der Waals surface area contributed by atoms with Crippen LogP contribution >= 0.6 is 27.5 Å². The van der Waals surface area contributed by atoms with Gasteiger partial charge in [-0.2, -0.15) is 0 Å². The first kappa shape index (κ1) is 13.6. The third-order valence-electron chi connectivity index (χ3n) is 2.84. The Labute approximate surface area is 120 Å². The minimum atomic E-state index is -0.307. The van der Waals surface area contributed by atoms with E-state index in [4.69, 9.17) is 11.6 Å². The van der Waals surface area contributed by atoms with Crippen LogP contribution in [0.2, 0.25) is 5.02 Å². The highest BCUT2D eigenvalue weighted by atomic mass is 79.9. The first-order valence-corrected chi connectivity index (χ1v) is 7.00. The van der Waals surface area contributed by atoms with E-state index in [-0.39, 0.29) is 10.6 Å². The quantitative estimate of drug-likeness (QED) is 0.656. The van der Waals surface area contributed by atoms with Crippen molar-refractivity contribution in [1.29, 1.82) is 0 Å². The smallest absolute Gasteiger partial charge is 0.124 e. The van der Waals surface area contributed by atoms with Gasteiger partial charge in [-0.1, -0.05) is 63.4 Å². The SMILES string of the molecule is Cc1ccc(CC(Br)c2ccc(F)cc2Cl)cc1. The Morgan fingerprint density at radius 1 is 1.17 bits per heavy atom. The van der Waals surface area contributed by atoms with Crippen LogP contribution in [0.3, 0.4) is 0 Å². The number of halogens is 3. The van der Waals surface area contributed by atoms with Crippen LogP contribution in [0.25, 0.3) is 0 Å². The molecule has 0 radical (unpaired) electrons. The molecule has 94 valence electrons. The minimum Gasteiger partial charge on any atom is -0.207 e. The van der Waals surface area contributed by atoms with Gasteiger partial charge in [0.2, 0.25) is 0 Å². The van der Waals surface area contributed by atoms with Crippen molar-refractivity contribution < 1.29 is 4.39 Å². The van der Waals surface area contributed by atoms with Crippen LogP contribution in [-0.2, 0) is 6.42 Å². The molecule has 0 heterocycles. The molecular formula is C15H13BrClF. The Bertz CT molecular complexity index is 537. The summed E-state index contributed by atoms with van der Waals surface area (Å²) < 4.78 is 13.0. The monoisotopic (exact) mass is 326 g/mol. The van der Waals surface area contributed by atoms with E-state index in [0.29, 0.717) is 5.02 Å². The average molecular weight is 328 g/mol. The summed E-state index contributed by atoms with van der Waals surface area (Å²) in [4.78, 5) is 0.0910. The van der Waals surface area contributed by atoms with Crippen molar-refractivity contribution in [2.75, 3.05) is 0 Å². The van der Waals surface area contributed by atoms with E-state index in [9.17, 15) is 4.39 Å². The minimum absolute atomic E-state index is 0.0910. The zero-order valence-electron chi connectivity index (χ0n) is 9.96. The van der Waals surface area contributed by atoms with Gasteiger partial charge in [-0.25, -0.2) is 4.39 Å². The molecule has 0 aliphatic heterocycles. The van der Waals surface area contributed by atoms with Crippen molar-refractivity contribution in [1.82, 2.24) is 0 Å². The van der Waals surface area contributed by atoms with Crippen LogP contribution in [0, 0.1) is 12.7 Å². The molecule has 0 saturated heterocycles. The van der Waals surface area contributed by atoms with Gasteiger partial charge in [0.25, 0.3) is 0 Å². The first-order valence-electron chi connectivity index (χ1n) is 5.71. The number of rotatable bonds is 3. The van der Waals surface area contributed by atoms with Gasteiger partial charge >= 0.3 is 0 Å². The summed E-state index contributed by atoms with van der Waals surface area (Å²) in [5.41, 5.74) is 3.38. The number of hydrogen-bond donors (Lipinski definition) is 0. The lowest BCUT2D eigenvalue weighted by molar-refractivity contribution is 0.627. The highest BCUT2D eigenvalue weighted by Gasteiger charge is 2.12. The molecule has 2 aromatic rings. The van der Waals surface area contributed by atoms with E-state index >= 15 is 0 Å². The maximum Gasteiger partial charge on any atom is 0.124 e. The average Bonchev–Trinajstić information content (AvgIpc) is 2.32. The molecular weight excluding hydrogens is 315 g/mol. The molecule has 3 heteroatoms. The molecule has 0 nitrogen and oxygen atoms in total. The fraction of sp³-hybridized carbons (Fsp3) is 0.200. The molecule has 0 aliphatic carbocycles. The lowest BCUT2D eigenvalue weighted by atomic mass is 10.0. The van der Waals surface area contributed by atoms with Gasteiger partial charge < -0.3 is 0 Å². The first-order chi connectivity index (χ1) is 8.56. The molecule has 0 saturated carbocycles. The van der Waals surface area contributed by atoms with Crippen LogP contribution in [0.15, 0.2) is 42.5 Å². The van der Waals surface area contributed by atoms with Gasteiger partial charge in [-0.3, -0.25) is 0 Å². The van der Waals surface area contributed by atoms with E-state index in [1.165, 1.54) is 23.3 Å². The normalized spacial score (nSPS) is 12.4. The summed E-state index contributed by atoms with van der Waals surface area (Å²) in [5.74, 6) is -0.307. The summed E-state index contributed by atoms with van der Waals surface area (Å²) in [6.45, 7) is 2.06. The molecule has 0 fully saturated rings. The zero-order valence-corrected chi connectivity index (χ0v) is 12.3. The van der Waals surface area contributed by atoms with Gasteiger partial charge in [0.15, 0.2) is 0 Å². The number of hydrogen-bond acceptors (Lipinski definition) is 0. The molecule has 1 unspecified atom stereocenters. The molecule has 2 rings (SSSR count). The van der Waals surface area contributed by atoms with E-state index < -0.39 is 0 Å². The molecule has 0 bridgehead atoms. The summed E-state index contributed by atoms with van der Waals surface area (Å²) in [6.07, 6.45) is 0.825. The second-order valence-corrected chi connectivity index (χ2v) is 5.84. The highest BCUT2D eigenvalue weighted by molar-refractivity contribution is 9.09. The fourth-order valence-electron chi connectivity index (χ4n) is 1.80. The molecule has 0 amide bonds. The zero-order chi connectivity index (χ0) is 13.1. The summed E-state index contributed by atoms with van der Waals surface area (Å²) in [7, 11) is 0. The second-order valence-electron chi connectivity index (χ2n) is 4.32. The lowest BCUT2D eigenvalue weighted by Crippen LogP contribution is -1.97.